The van der Waals surface area contributed by atoms with Gasteiger partial charge in [-0.05, 0) is 54.8 Å². The fraction of sp³-hybridized carbons (Fsp3) is 0.250. The molecule has 1 aromatic heterocycles. The third-order valence-electron chi connectivity index (χ3n) is 6.91. The Balaban J connectivity index is 1.58. The molecule has 41 heavy (non-hydrogen) atoms. The van der Waals surface area contributed by atoms with Gasteiger partial charge in [0.25, 0.3) is 11.2 Å². The first kappa shape index (κ1) is 28.4. The van der Waals surface area contributed by atoms with Crippen LogP contribution in [0.25, 0.3) is 10.9 Å². The topological polar surface area (TPSA) is 143 Å². The molecule has 4 aromatic rings. The van der Waals surface area contributed by atoms with Crippen molar-refractivity contribution in [3.05, 3.63) is 112 Å². The average molecular weight is 641 g/mol. The summed E-state index contributed by atoms with van der Waals surface area (Å²) in [6.45, 7) is -0.111. The summed E-state index contributed by atoms with van der Waals surface area (Å²) >= 11 is 9.63. The van der Waals surface area contributed by atoms with Crippen LogP contribution in [0.5, 0.6) is 5.75 Å². The zero-order valence-corrected chi connectivity index (χ0v) is 23.9. The molecule has 11 nitrogen and oxygen atoms in total. The number of nitrogens with zero attached hydrogens (tertiary/aromatic N) is 5. The van der Waals surface area contributed by atoms with E-state index in [2.05, 4.69) is 21.0 Å². The molecule has 1 aliphatic rings. The van der Waals surface area contributed by atoms with E-state index in [0.29, 0.717) is 22.3 Å². The maximum absolute atomic E-state index is 13.7. The van der Waals surface area contributed by atoms with Gasteiger partial charge in [-0.2, -0.15) is 9.78 Å². The zero-order chi connectivity index (χ0) is 29.1. The van der Waals surface area contributed by atoms with Crippen molar-refractivity contribution in [2.45, 2.75) is 44.6 Å². The number of aromatic nitrogens is 2. The molecule has 0 aliphatic heterocycles. The van der Waals surface area contributed by atoms with Gasteiger partial charge >= 0.3 is 5.69 Å². The van der Waals surface area contributed by atoms with E-state index in [1.165, 1.54) is 47.3 Å². The summed E-state index contributed by atoms with van der Waals surface area (Å²) in [5.41, 5.74) is 0.467. The number of ether oxygens (including phenoxy) is 1. The summed E-state index contributed by atoms with van der Waals surface area (Å²) in [6, 6.07) is 13.6. The van der Waals surface area contributed by atoms with Crippen molar-refractivity contribution in [2.24, 2.45) is 5.10 Å². The highest BCUT2D eigenvalue weighted by Gasteiger charge is 2.24. The lowest BCUT2D eigenvalue weighted by Gasteiger charge is -2.22. The molecule has 1 heterocycles. The largest absolute Gasteiger partial charge is 0.481 e. The molecule has 3 aromatic carbocycles. The minimum atomic E-state index is -0.622. The van der Waals surface area contributed by atoms with Gasteiger partial charge in [0.15, 0.2) is 0 Å². The molecule has 0 spiro atoms. The van der Waals surface area contributed by atoms with Gasteiger partial charge in [-0.25, -0.2) is 4.98 Å². The first-order chi connectivity index (χ1) is 19.7. The summed E-state index contributed by atoms with van der Waals surface area (Å²) in [5, 5.41) is 27.8. The first-order valence-corrected chi connectivity index (χ1v) is 14.0. The molecular formula is C28H23BrClN5O6. The van der Waals surface area contributed by atoms with Gasteiger partial charge in [0, 0.05) is 39.2 Å². The number of halogens is 2. The van der Waals surface area contributed by atoms with Crippen LogP contribution in [0.3, 0.4) is 0 Å². The van der Waals surface area contributed by atoms with Gasteiger partial charge in [-0.3, -0.25) is 25.0 Å². The van der Waals surface area contributed by atoms with Crippen LogP contribution in [0.2, 0.25) is 5.02 Å². The number of benzene rings is 3. The quantitative estimate of drug-likeness (QED) is 0.113. The summed E-state index contributed by atoms with van der Waals surface area (Å²) < 4.78 is 7.83. The Kier molecular flexibility index (Phi) is 8.41. The maximum Gasteiger partial charge on any atom is 0.313 e. The monoisotopic (exact) mass is 639 g/mol. The molecule has 1 aliphatic carbocycles. The van der Waals surface area contributed by atoms with E-state index < -0.39 is 9.85 Å². The Morgan fingerprint density at radius 3 is 2.46 bits per heavy atom. The molecule has 1 saturated carbocycles. The minimum absolute atomic E-state index is 0.0354. The number of hydrogen-bond donors (Lipinski definition) is 0. The molecule has 0 atom stereocenters. The Bertz CT molecular complexity index is 1740. The second-order valence-corrected chi connectivity index (χ2v) is 11.0. The third-order valence-corrected chi connectivity index (χ3v) is 7.62. The van der Waals surface area contributed by atoms with Crippen LogP contribution in [0.1, 0.15) is 55.0 Å². The van der Waals surface area contributed by atoms with Gasteiger partial charge in [0.05, 0.1) is 27.0 Å². The lowest BCUT2D eigenvalue weighted by molar-refractivity contribution is -0.386. The SMILES string of the molecule is O=c1c2cc(Br)ccc2nc(C2CCCCC2)n1N=Cc1cc(Cl)cc([N+](=O)[O-])c1OCc1ccc([N+](=O)[O-])cc1. The van der Waals surface area contributed by atoms with E-state index in [1.54, 1.807) is 12.1 Å². The number of nitro benzene ring substituents is 2. The number of fused-ring (bicyclic) bond motifs is 1. The fourth-order valence-electron chi connectivity index (χ4n) is 4.88. The van der Waals surface area contributed by atoms with Crippen LogP contribution in [-0.2, 0) is 6.61 Å². The highest BCUT2D eigenvalue weighted by molar-refractivity contribution is 9.10. The van der Waals surface area contributed by atoms with Gasteiger partial charge in [-0.1, -0.05) is 46.8 Å². The molecule has 0 radical (unpaired) electrons. The van der Waals surface area contributed by atoms with E-state index in [9.17, 15) is 25.0 Å². The summed E-state index contributed by atoms with van der Waals surface area (Å²) in [7, 11) is 0. The second kappa shape index (κ2) is 12.1. The predicted octanol–water partition coefficient (Wildman–Crippen LogP) is 7.14. The molecule has 0 N–H and O–H groups in total. The van der Waals surface area contributed by atoms with Crippen LogP contribution in [0.4, 0.5) is 11.4 Å². The zero-order valence-electron chi connectivity index (χ0n) is 21.5. The number of rotatable bonds is 8. The van der Waals surface area contributed by atoms with Gasteiger partial charge < -0.3 is 4.74 Å². The van der Waals surface area contributed by atoms with Crippen LogP contribution >= 0.6 is 27.5 Å². The van der Waals surface area contributed by atoms with E-state index in [0.717, 1.165) is 36.6 Å². The van der Waals surface area contributed by atoms with Crippen LogP contribution in [0, 0.1) is 20.2 Å². The lowest BCUT2D eigenvalue weighted by Crippen LogP contribution is -2.25. The van der Waals surface area contributed by atoms with Crippen molar-refractivity contribution in [3.8, 4) is 5.75 Å². The van der Waals surface area contributed by atoms with Gasteiger partial charge in [0.1, 0.15) is 12.4 Å². The summed E-state index contributed by atoms with van der Waals surface area (Å²) in [5.74, 6) is 0.462. The second-order valence-electron chi connectivity index (χ2n) is 9.64. The van der Waals surface area contributed by atoms with E-state index >= 15 is 0 Å². The average Bonchev–Trinajstić information content (AvgIpc) is 2.96. The highest BCUT2D eigenvalue weighted by atomic mass is 79.9. The molecule has 5 rings (SSSR count). The first-order valence-electron chi connectivity index (χ1n) is 12.8. The Morgan fingerprint density at radius 2 is 1.78 bits per heavy atom. The van der Waals surface area contributed by atoms with E-state index in [-0.39, 0.29) is 45.8 Å². The maximum atomic E-state index is 13.7. The normalized spacial score (nSPS) is 14.0. The lowest BCUT2D eigenvalue weighted by atomic mass is 9.88. The summed E-state index contributed by atoms with van der Waals surface area (Å²) in [4.78, 5) is 40.2. The fourth-order valence-corrected chi connectivity index (χ4v) is 5.46. The van der Waals surface area contributed by atoms with Crippen molar-refractivity contribution in [1.82, 2.24) is 9.66 Å². The standard InChI is InChI=1S/C28H23BrClN5O6/c29-20-8-11-24-23(13-20)28(36)33(27(32-24)18-4-2-1-3-5-18)31-15-19-12-21(30)14-25(35(39)40)26(19)41-16-17-6-9-22(10-7-17)34(37)38/h6-15,18H,1-5,16H2. The molecule has 210 valence electrons. The Hall–Kier alpha value is -4.16. The van der Waals surface area contributed by atoms with Crippen LogP contribution in [0.15, 0.2) is 69.0 Å². The molecule has 0 amide bonds. The van der Waals surface area contributed by atoms with Crippen molar-refractivity contribution < 1.29 is 14.6 Å². The van der Waals surface area contributed by atoms with Crippen molar-refractivity contribution in [3.63, 3.8) is 0 Å². The molecule has 1 fully saturated rings. The third kappa shape index (κ3) is 6.28. The van der Waals surface area contributed by atoms with Crippen molar-refractivity contribution >= 4 is 56.0 Å². The van der Waals surface area contributed by atoms with Crippen molar-refractivity contribution in [2.75, 3.05) is 0 Å². The van der Waals surface area contributed by atoms with Gasteiger partial charge in [-0.15, -0.1) is 0 Å². The number of non-ortho nitro benzene ring substituents is 1. The van der Waals surface area contributed by atoms with Gasteiger partial charge in [0.2, 0.25) is 5.75 Å². The number of nitro groups is 2. The smallest absolute Gasteiger partial charge is 0.313 e. The van der Waals surface area contributed by atoms with Crippen LogP contribution < -0.4 is 10.3 Å². The summed E-state index contributed by atoms with van der Waals surface area (Å²) in [6.07, 6.45) is 6.20. The molecule has 13 heteroatoms. The molecule has 0 saturated heterocycles. The minimum Gasteiger partial charge on any atom is -0.481 e. The molecular weight excluding hydrogens is 618 g/mol. The Morgan fingerprint density at radius 1 is 1.05 bits per heavy atom. The molecule has 0 bridgehead atoms. The molecule has 0 unspecified atom stereocenters. The predicted molar refractivity (Wildman–Crippen MR) is 158 cm³/mol. The van der Waals surface area contributed by atoms with E-state index in [1.807, 2.05) is 6.07 Å². The number of hydrogen-bond acceptors (Lipinski definition) is 8. The highest BCUT2D eigenvalue weighted by Crippen LogP contribution is 2.35. The Labute approximate surface area is 246 Å². The van der Waals surface area contributed by atoms with E-state index in [4.69, 9.17) is 21.3 Å². The van der Waals surface area contributed by atoms with Crippen LogP contribution in [-0.4, -0.2) is 25.7 Å². The van der Waals surface area contributed by atoms with Crippen molar-refractivity contribution in [1.29, 1.82) is 0 Å².